The lowest BCUT2D eigenvalue weighted by Gasteiger charge is -1.99. The van der Waals surface area contributed by atoms with E-state index in [0.717, 1.165) is 37.5 Å². The Morgan fingerprint density at radius 3 is 2.94 bits per heavy atom. The highest BCUT2D eigenvalue weighted by Gasteiger charge is 2.03. The average molecular weight is 245 g/mol. The highest BCUT2D eigenvalue weighted by molar-refractivity contribution is 7.13. The molecule has 1 rings (SSSR count). The molecular weight excluding hydrogens is 226 g/mol. The molecule has 0 spiro atoms. The van der Waals surface area contributed by atoms with Gasteiger partial charge in [-0.2, -0.15) is 0 Å². The number of rotatable bonds is 9. The minimum atomic E-state index is 0.664. The van der Waals surface area contributed by atoms with Crippen LogP contribution in [0.25, 0.3) is 0 Å². The molecule has 92 valence electrons. The van der Waals surface area contributed by atoms with Crippen molar-refractivity contribution < 1.29 is 9.47 Å². The monoisotopic (exact) mass is 245 g/mol. The summed E-state index contributed by atoms with van der Waals surface area (Å²) in [6, 6.07) is 0. The molecule has 0 saturated carbocycles. The summed E-state index contributed by atoms with van der Waals surface area (Å²) < 4.78 is 10.4. The van der Waals surface area contributed by atoms with E-state index >= 15 is 0 Å². The standard InChI is InChI=1S/C10H19N3O2S/c1-3-4-6-15-10-13-12-9(16-10)8-11-5-7-14-2/h11H,3-8H2,1-2H3. The average Bonchev–Trinajstić information content (AvgIpc) is 2.73. The van der Waals surface area contributed by atoms with Gasteiger partial charge >= 0.3 is 0 Å². The van der Waals surface area contributed by atoms with Gasteiger partial charge in [0.25, 0.3) is 5.19 Å². The fourth-order valence-corrected chi connectivity index (χ4v) is 1.72. The Labute approximate surface area is 100 Å². The van der Waals surface area contributed by atoms with Crippen LogP contribution in [0.2, 0.25) is 0 Å². The van der Waals surface area contributed by atoms with Crippen LogP contribution in [0.4, 0.5) is 0 Å². The topological polar surface area (TPSA) is 56.3 Å². The molecule has 0 aliphatic rings. The van der Waals surface area contributed by atoms with Gasteiger partial charge in [0.05, 0.1) is 13.2 Å². The summed E-state index contributed by atoms with van der Waals surface area (Å²) in [5, 5.41) is 12.8. The first kappa shape index (κ1) is 13.3. The van der Waals surface area contributed by atoms with Gasteiger partial charge < -0.3 is 14.8 Å². The molecule has 0 atom stereocenters. The van der Waals surface area contributed by atoms with E-state index in [2.05, 4.69) is 22.4 Å². The zero-order valence-corrected chi connectivity index (χ0v) is 10.7. The minimum absolute atomic E-state index is 0.664. The van der Waals surface area contributed by atoms with Crippen LogP contribution in [0.3, 0.4) is 0 Å². The molecule has 0 aliphatic carbocycles. The molecule has 1 aromatic rings. The first-order valence-corrected chi connectivity index (χ1v) is 6.33. The third-order valence-corrected chi connectivity index (χ3v) is 2.77. The zero-order valence-electron chi connectivity index (χ0n) is 9.86. The predicted octanol–water partition coefficient (Wildman–Crippen LogP) is 1.45. The number of methoxy groups -OCH3 is 1. The summed E-state index contributed by atoms with van der Waals surface area (Å²) >= 11 is 1.49. The van der Waals surface area contributed by atoms with Crippen LogP contribution in [0.15, 0.2) is 0 Å². The van der Waals surface area contributed by atoms with Crippen molar-refractivity contribution in [1.82, 2.24) is 15.5 Å². The van der Waals surface area contributed by atoms with Gasteiger partial charge in [-0.25, -0.2) is 0 Å². The number of nitrogens with zero attached hydrogens (tertiary/aromatic N) is 2. The van der Waals surface area contributed by atoms with Crippen molar-refractivity contribution in [3.05, 3.63) is 5.01 Å². The van der Waals surface area contributed by atoms with E-state index in [4.69, 9.17) is 9.47 Å². The molecule has 5 nitrogen and oxygen atoms in total. The Bertz CT molecular complexity index is 281. The van der Waals surface area contributed by atoms with Gasteiger partial charge in [0.2, 0.25) is 0 Å². The fourth-order valence-electron chi connectivity index (χ4n) is 1.04. The molecule has 16 heavy (non-hydrogen) atoms. The number of unbranched alkanes of at least 4 members (excludes halogenated alkanes) is 1. The summed E-state index contributed by atoms with van der Waals surface area (Å²) in [7, 11) is 1.69. The molecule has 0 unspecified atom stereocenters. The largest absolute Gasteiger partial charge is 0.469 e. The molecule has 0 bridgehead atoms. The molecule has 1 N–H and O–H groups in total. The number of hydrogen-bond acceptors (Lipinski definition) is 6. The molecule has 0 fully saturated rings. The molecule has 0 saturated heterocycles. The Balaban J connectivity index is 2.17. The Morgan fingerprint density at radius 1 is 1.31 bits per heavy atom. The van der Waals surface area contributed by atoms with E-state index in [1.165, 1.54) is 11.3 Å². The smallest absolute Gasteiger partial charge is 0.294 e. The number of aromatic nitrogens is 2. The molecule has 0 radical (unpaired) electrons. The highest BCUT2D eigenvalue weighted by Crippen LogP contribution is 2.17. The first-order chi connectivity index (χ1) is 7.86. The Kier molecular flexibility index (Phi) is 7.03. The van der Waals surface area contributed by atoms with Gasteiger partial charge in [-0.3, -0.25) is 0 Å². The first-order valence-electron chi connectivity index (χ1n) is 5.51. The van der Waals surface area contributed by atoms with Gasteiger partial charge in [-0.05, 0) is 6.42 Å². The number of hydrogen-bond donors (Lipinski definition) is 1. The van der Waals surface area contributed by atoms with Gasteiger partial charge in [0.1, 0.15) is 5.01 Å². The maximum Gasteiger partial charge on any atom is 0.294 e. The van der Waals surface area contributed by atoms with Crippen LogP contribution >= 0.6 is 11.3 Å². The highest BCUT2D eigenvalue weighted by atomic mass is 32.1. The third-order valence-electron chi connectivity index (χ3n) is 1.93. The van der Waals surface area contributed by atoms with E-state index in [9.17, 15) is 0 Å². The quantitative estimate of drug-likeness (QED) is 0.667. The van der Waals surface area contributed by atoms with E-state index in [-0.39, 0.29) is 0 Å². The van der Waals surface area contributed by atoms with Crippen molar-refractivity contribution in [2.45, 2.75) is 26.3 Å². The summed E-state index contributed by atoms with van der Waals surface area (Å²) in [6.45, 7) is 5.11. The van der Waals surface area contributed by atoms with Gasteiger partial charge in [0, 0.05) is 20.2 Å². The van der Waals surface area contributed by atoms with Gasteiger partial charge in [-0.1, -0.05) is 24.7 Å². The van der Waals surface area contributed by atoms with E-state index in [0.29, 0.717) is 11.8 Å². The normalized spacial score (nSPS) is 10.6. The van der Waals surface area contributed by atoms with Crippen LogP contribution in [0.5, 0.6) is 5.19 Å². The second-order valence-electron chi connectivity index (χ2n) is 3.33. The van der Waals surface area contributed by atoms with E-state index < -0.39 is 0 Å². The Morgan fingerprint density at radius 2 is 2.19 bits per heavy atom. The van der Waals surface area contributed by atoms with Crippen molar-refractivity contribution in [3.63, 3.8) is 0 Å². The van der Waals surface area contributed by atoms with Crippen molar-refractivity contribution >= 4 is 11.3 Å². The summed E-state index contributed by atoms with van der Waals surface area (Å²) in [5.41, 5.74) is 0. The van der Waals surface area contributed by atoms with Crippen molar-refractivity contribution in [3.8, 4) is 5.19 Å². The summed E-state index contributed by atoms with van der Waals surface area (Å²) in [6.07, 6.45) is 2.19. The van der Waals surface area contributed by atoms with E-state index in [1.54, 1.807) is 7.11 Å². The molecule has 1 heterocycles. The second-order valence-corrected chi connectivity index (χ2v) is 4.36. The van der Waals surface area contributed by atoms with Crippen LogP contribution in [-0.2, 0) is 11.3 Å². The molecule has 1 aromatic heterocycles. The zero-order chi connectivity index (χ0) is 11.6. The van der Waals surface area contributed by atoms with Gasteiger partial charge in [0.15, 0.2) is 0 Å². The molecule has 0 amide bonds. The second kappa shape index (κ2) is 8.43. The van der Waals surface area contributed by atoms with Crippen molar-refractivity contribution in [2.24, 2.45) is 0 Å². The van der Waals surface area contributed by atoms with Gasteiger partial charge in [-0.15, -0.1) is 10.2 Å². The molecule has 6 heteroatoms. The summed E-state index contributed by atoms with van der Waals surface area (Å²) in [5.74, 6) is 0. The minimum Gasteiger partial charge on any atom is -0.469 e. The van der Waals surface area contributed by atoms with Crippen molar-refractivity contribution in [2.75, 3.05) is 26.9 Å². The third kappa shape index (κ3) is 5.39. The Hall–Kier alpha value is -0.720. The summed E-state index contributed by atoms with van der Waals surface area (Å²) in [4.78, 5) is 0. The lowest BCUT2D eigenvalue weighted by molar-refractivity contribution is 0.199. The van der Waals surface area contributed by atoms with Crippen molar-refractivity contribution in [1.29, 1.82) is 0 Å². The lowest BCUT2D eigenvalue weighted by Crippen LogP contribution is -2.18. The maximum atomic E-state index is 5.45. The predicted molar refractivity (Wildman–Crippen MR) is 63.9 cm³/mol. The molecule has 0 aromatic carbocycles. The number of ether oxygens (including phenoxy) is 2. The maximum absolute atomic E-state index is 5.45. The fraction of sp³-hybridized carbons (Fsp3) is 0.800. The molecule has 0 aliphatic heterocycles. The van der Waals surface area contributed by atoms with E-state index in [1.807, 2.05) is 0 Å². The lowest BCUT2D eigenvalue weighted by atomic mass is 10.4. The van der Waals surface area contributed by atoms with Crippen LogP contribution in [0.1, 0.15) is 24.8 Å². The number of nitrogens with one attached hydrogen (secondary N) is 1. The van der Waals surface area contributed by atoms with Crippen LogP contribution in [-0.4, -0.2) is 37.1 Å². The van der Waals surface area contributed by atoms with Crippen LogP contribution < -0.4 is 10.1 Å². The SMILES string of the molecule is CCCCOc1nnc(CNCCOC)s1. The van der Waals surface area contributed by atoms with Crippen LogP contribution in [0, 0.1) is 0 Å². The molecular formula is C10H19N3O2S.